The van der Waals surface area contributed by atoms with Gasteiger partial charge in [-0.2, -0.15) is 5.10 Å². The second kappa shape index (κ2) is 7.95. The van der Waals surface area contributed by atoms with Gasteiger partial charge in [-0.05, 0) is 23.6 Å². The smallest absolute Gasteiger partial charge is 0.329 e. The van der Waals surface area contributed by atoms with Crippen LogP contribution in [-0.4, -0.2) is 32.2 Å². The van der Waals surface area contributed by atoms with Gasteiger partial charge in [0.15, 0.2) is 0 Å². The van der Waals surface area contributed by atoms with Crippen LogP contribution in [0.1, 0.15) is 4.88 Å². The minimum atomic E-state index is -0.886. The largest absolute Gasteiger partial charge is 0.497 e. The third-order valence-electron chi connectivity index (χ3n) is 2.76. The number of carbonyl (C=O) groups is 2. The molecule has 0 aliphatic carbocycles. The summed E-state index contributed by atoms with van der Waals surface area (Å²) in [5, 5.41) is 8.05. The Morgan fingerprint density at radius 1 is 1.17 bits per heavy atom. The highest BCUT2D eigenvalue weighted by molar-refractivity contribution is 7.11. The maximum absolute atomic E-state index is 11.9. The SMILES string of the molecule is COc1ccc(OC)c(NC(=O)C(=O)N/N=C/c2cccs2)c1. The Labute approximate surface area is 136 Å². The Bertz CT molecular complexity index is 714. The molecule has 1 heterocycles. The average Bonchev–Trinajstić information content (AvgIpc) is 3.08. The van der Waals surface area contributed by atoms with Crippen LogP contribution in [0, 0.1) is 0 Å². The molecule has 2 aromatic rings. The summed E-state index contributed by atoms with van der Waals surface area (Å²) >= 11 is 1.46. The van der Waals surface area contributed by atoms with Crippen molar-refractivity contribution < 1.29 is 19.1 Å². The van der Waals surface area contributed by atoms with Gasteiger partial charge in [0.25, 0.3) is 0 Å². The highest BCUT2D eigenvalue weighted by Crippen LogP contribution is 2.28. The Morgan fingerprint density at radius 2 is 2.00 bits per heavy atom. The summed E-state index contributed by atoms with van der Waals surface area (Å²) in [6.07, 6.45) is 1.46. The lowest BCUT2D eigenvalue weighted by molar-refractivity contribution is -0.136. The van der Waals surface area contributed by atoms with Crippen LogP contribution in [0.3, 0.4) is 0 Å². The van der Waals surface area contributed by atoms with E-state index in [0.29, 0.717) is 17.2 Å². The van der Waals surface area contributed by atoms with Crippen LogP contribution in [0.4, 0.5) is 5.69 Å². The lowest BCUT2D eigenvalue weighted by atomic mass is 10.2. The Balaban J connectivity index is 1.99. The summed E-state index contributed by atoms with van der Waals surface area (Å²) in [5.41, 5.74) is 2.49. The maximum atomic E-state index is 11.9. The third kappa shape index (κ3) is 4.55. The van der Waals surface area contributed by atoms with E-state index in [1.165, 1.54) is 31.8 Å². The van der Waals surface area contributed by atoms with E-state index in [2.05, 4.69) is 15.8 Å². The molecule has 0 aliphatic rings. The molecule has 0 aliphatic heterocycles. The van der Waals surface area contributed by atoms with Gasteiger partial charge in [0, 0.05) is 10.9 Å². The second-order valence-electron chi connectivity index (χ2n) is 4.23. The van der Waals surface area contributed by atoms with Gasteiger partial charge in [-0.3, -0.25) is 9.59 Å². The van der Waals surface area contributed by atoms with Crippen molar-refractivity contribution in [2.75, 3.05) is 19.5 Å². The van der Waals surface area contributed by atoms with Crippen molar-refractivity contribution in [1.82, 2.24) is 5.43 Å². The molecule has 0 atom stereocenters. The summed E-state index contributed by atoms with van der Waals surface area (Å²) in [5.74, 6) is -0.811. The van der Waals surface area contributed by atoms with E-state index < -0.39 is 11.8 Å². The molecule has 0 saturated heterocycles. The zero-order valence-electron chi connectivity index (χ0n) is 12.5. The summed E-state index contributed by atoms with van der Waals surface area (Å²) in [6, 6.07) is 8.55. The minimum absolute atomic E-state index is 0.328. The Kier molecular flexibility index (Phi) is 5.70. The molecule has 1 aromatic heterocycles. The van der Waals surface area contributed by atoms with Crippen molar-refractivity contribution in [3.63, 3.8) is 0 Å². The van der Waals surface area contributed by atoms with E-state index in [-0.39, 0.29) is 0 Å². The van der Waals surface area contributed by atoms with Crippen LogP contribution < -0.4 is 20.2 Å². The number of rotatable bonds is 5. The number of nitrogens with one attached hydrogen (secondary N) is 2. The van der Waals surface area contributed by atoms with E-state index >= 15 is 0 Å². The molecule has 2 rings (SSSR count). The summed E-state index contributed by atoms with van der Waals surface area (Å²) in [7, 11) is 2.96. The molecule has 0 saturated carbocycles. The molecule has 8 heteroatoms. The standard InChI is InChI=1S/C15H15N3O4S/c1-21-10-5-6-13(22-2)12(8-10)17-14(19)15(20)18-16-9-11-4-3-7-23-11/h3-9H,1-2H3,(H,17,19)(H,18,20)/b16-9+. The summed E-state index contributed by atoms with van der Waals surface area (Å²) < 4.78 is 10.2. The Morgan fingerprint density at radius 3 is 2.65 bits per heavy atom. The van der Waals surface area contributed by atoms with E-state index in [1.807, 2.05) is 17.5 Å². The molecule has 0 spiro atoms. The van der Waals surface area contributed by atoms with Gasteiger partial charge in [0.2, 0.25) is 0 Å². The van der Waals surface area contributed by atoms with E-state index in [1.54, 1.807) is 18.2 Å². The molecule has 2 N–H and O–H groups in total. The van der Waals surface area contributed by atoms with Crippen molar-refractivity contribution in [2.45, 2.75) is 0 Å². The van der Waals surface area contributed by atoms with Gasteiger partial charge in [0.05, 0.1) is 26.1 Å². The van der Waals surface area contributed by atoms with Crippen molar-refractivity contribution in [3.8, 4) is 11.5 Å². The van der Waals surface area contributed by atoms with Gasteiger partial charge in [-0.25, -0.2) is 5.43 Å². The topological polar surface area (TPSA) is 89.0 Å². The van der Waals surface area contributed by atoms with Crippen molar-refractivity contribution in [2.24, 2.45) is 5.10 Å². The van der Waals surface area contributed by atoms with Crippen LogP contribution in [0.25, 0.3) is 0 Å². The van der Waals surface area contributed by atoms with Crippen molar-refractivity contribution >= 4 is 35.1 Å². The van der Waals surface area contributed by atoms with Crippen molar-refractivity contribution in [1.29, 1.82) is 0 Å². The first-order chi connectivity index (χ1) is 11.1. The molecule has 7 nitrogen and oxygen atoms in total. The predicted octanol–water partition coefficient (Wildman–Crippen LogP) is 1.85. The monoisotopic (exact) mass is 333 g/mol. The molecule has 0 unspecified atom stereocenters. The lowest BCUT2D eigenvalue weighted by Crippen LogP contribution is -2.32. The lowest BCUT2D eigenvalue weighted by Gasteiger charge is -2.10. The van der Waals surface area contributed by atoms with Crippen LogP contribution in [0.2, 0.25) is 0 Å². The minimum Gasteiger partial charge on any atom is -0.497 e. The molecular weight excluding hydrogens is 318 g/mol. The second-order valence-corrected chi connectivity index (χ2v) is 5.21. The number of benzene rings is 1. The van der Waals surface area contributed by atoms with Gasteiger partial charge in [-0.15, -0.1) is 11.3 Å². The van der Waals surface area contributed by atoms with Crippen LogP contribution in [-0.2, 0) is 9.59 Å². The molecule has 0 fully saturated rings. The number of hydrazone groups is 1. The third-order valence-corrected chi connectivity index (χ3v) is 3.57. The maximum Gasteiger partial charge on any atom is 0.329 e. The van der Waals surface area contributed by atoms with Crippen LogP contribution in [0.5, 0.6) is 11.5 Å². The number of methoxy groups -OCH3 is 2. The van der Waals surface area contributed by atoms with E-state index in [4.69, 9.17) is 9.47 Å². The van der Waals surface area contributed by atoms with E-state index in [9.17, 15) is 9.59 Å². The zero-order chi connectivity index (χ0) is 16.7. The van der Waals surface area contributed by atoms with Gasteiger partial charge >= 0.3 is 11.8 Å². The van der Waals surface area contributed by atoms with Gasteiger partial charge < -0.3 is 14.8 Å². The fraction of sp³-hybridized carbons (Fsp3) is 0.133. The fourth-order valence-electron chi connectivity index (χ4n) is 1.66. The number of hydrogen-bond donors (Lipinski definition) is 2. The highest BCUT2D eigenvalue weighted by Gasteiger charge is 2.15. The normalized spacial score (nSPS) is 10.3. The molecule has 2 amide bonds. The van der Waals surface area contributed by atoms with Crippen LogP contribution in [0.15, 0.2) is 40.8 Å². The molecule has 0 bridgehead atoms. The average molecular weight is 333 g/mol. The van der Waals surface area contributed by atoms with E-state index in [0.717, 1.165) is 4.88 Å². The number of hydrogen-bond acceptors (Lipinski definition) is 6. The molecule has 23 heavy (non-hydrogen) atoms. The highest BCUT2D eigenvalue weighted by atomic mass is 32.1. The number of nitrogens with zero attached hydrogens (tertiary/aromatic N) is 1. The number of amides is 2. The molecular formula is C15H15N3O4S. The van der Waals surface area contributed by atoms with Crippen LogP contribution >= 0.6 is 11.3 Å². The summed E-state index contributed by atoms with van der Waals surface area (Å²) in [4.78, 5) is 24.5. The predicted molar refractivity (Wildman–Crippen MR) is 88.2 cm³/mol. The number of ether oxygens (including phenoxy) is 2. The van der Waals surface area contributed by atoms with Gasteiger partial charge in [0.1, 0.15) is 11.5 Å². The van der Waals surface area contributed by atoms with Crippen molar-refractivity contribution in [3.05, 3.63) is 40.6 Å². The first-order valence-electron chi connectivity index (χ1n) is 6.54. The first-order valence-corrected chi connectivity index (χ1v) is 7.42. The van der Waals surface area contributed by atoms with Gasteiger partial charge in [-0.1, -0.05) is 6.07 Å². The quantitative estimate of drug-likeness (QED) is 0.496. The number of anilines is 1. The molecule has 0 radical (unpaired) electrons. The Hall–Kier alpha value is -2.87. The first kappa shape index (κ1) is 16.5. The zero-order valence-corrected chi connectivity index (χ0v) is 13.3. The molecule has 1 aromatic carbocycles. The number of carbonyl (C=O) groups excluding carboxylic acids is 2. The summed E-state index contributed by atoms with van der Waals surface area (Å²) in [6.45, 7) is 0. The molecule has 120 valence electrons. The fourth-order valence-corrected chi connectivity index (χ4v) is 2.25. The number of thiophene rings is 1.